The molecule has 0 amide bonds. The Balaban J connectivity index is 1.97. The molecule has 130 valence electrons. The predicted octanol–water partition coefficient (Wildman–Crippen LogP) is 7.87. The Morgan fingerprint density at radius 1 is 0.704 bits per heavy atom. The van der Waals surface area contributed by atoms with E-state index in [1.54, 1.807) is 0 Å². The summed E-state index contributed by atoms with van der Waals surface area (Å²) in [6, 6.07) is 31.6. The number of rotatable bonds is 2. The van der Waals surface area contributed by atoms with Crippen LogP contribution in [0.2, 0.25) is 5.02 Å². The molecular weight excluding hydrogens is 418 g/mol. The first-order valence-electron chi connectivity index (χ1n) is 8.76. The number of fused-ring (bicyclic) bond motifs is 3. The van der Waals surface area contributed by atoms with Crippen LogP contribution in [0.5, 0.6) is 0 Å². The monoisotopic (exact) mass is 431 g/mol. The molecule has 0 unspecified atom stereocenters. The van der Waals surface area contributed by atoms with E-state index in [9.17, 15) is 0 Å². The Kier molecular flexibility index (Phi) is 4.04. The third-order valence-electron chi connectivity index (χ3n) is 4.88. The lowest BCUT2D eigenvalue weighted by Gasteiger charge is -2.12. The van der Waals surface area contributed by atoms with Gasteiger partial charge >= 0.3 is 0 Å². The SMILES string of the molecule is Clc1cc(Br)cc(-c2cccc3c4ccccc4n(-c4ccccc4)c23)c1. The van der Waals surface area contributed by atoms with Gasteiger partial charge in [-0.2, -0.15) is 0 Å². The zero-order valence-corrected chi connectivity index (χ0v) is 16.7. The number of hydrogen-bond acceptors (Lipinski definition) is 0. The summed E-state index contributed by atoms with van der Waals surface area (Å²) in [5, 5.41) is 3.21. The molecule has 0 aliphatic heterocycles. The Hall–Kier alpha value is -2.55. The van der Waals surface area contributed by atoms with Crippen molar-refractivity contribution in [3.05, 3.63) is 100 Å². The average molecular weight is 433 g/mol. The molecular formula is C24H15BrClN. The van der Waals surface area contributed by atoms with Crippen molar-refractivity contribution in [2.24, 2.45) is 0 Å². The number of para-hydroxylation sites is 3. The summed E-state index contributed by atoms with van der Waals surface area (Å²) in [6.45, 7) is 0. The van der Waals surface area contributed by atoms with Crippen LogP contribution < -0.4 is 0 Å². The summed E-state index contributed by atoms with van der Waals surface area (Å²) in [7, 11) is 0. The Morgan fingerprint density at radius 3 is 2.26 bits per heavy atom. The fraction of sp³-hybridized carbons (Fsp3) is 0. The van der Waals surface area contributed by atoms with E-state index in [0.717, 1.165) is 26.3 Å². The number of hydrogen-bond donors (Lipinski definition) is 0. The molecule has 0 bridgehead atoms. The highest BCUT2D eigenvalue weighted by molar-refractivity contribution is 9.10. The van der Waals surface area contributed by atoms with Gasteiger partial charge in [0, 0.05) is 31.5 Å². The van der Waals surface area contributed by atoms with Gasteiger partial charge < -0.3 is 4.57 Å². The lowest BCUT2D eigenvalue weighted by atomic mass is 10.0. The van der Waals surface area contributed by atoms with Crippen molar-refractivity contribution in [2.45, 2.75) is 0 Å². The van der Waals surface area contributed by atoms with E-state index >= 15 is 0 Å². The van der Waals surface area contributed by atoms with Crippen LogP contribution in [-0.2, 0) is 0 Å². The average Bonchev–Trinajstić information content (AvgIpc) is 3.02. The van der Waals surface area contributed by atoms with E-state index in [1.165, 1.54) is 21.8 Å². The van der Waals surface area contributed by atoms with E-state index < -0.39 is 0 Å². The van der Waals surface area contributed by atoms with Crippen LogP contribution in [-0.4, -0.2) is 4.57 Å². The van der Waals surface area contributed by atoms with Crippen LogP contribution in [0.15, 0.2) is 95.5 Å². The van der Waals surface area contributed by atoms with Gasteiger partial charge in [0.2, 0.25) is 0 Å². The van der Waals surface area contributed by atoms with Gasteiger partial charge in [-0.25, -0.2) is 0 Å². The summed E-state index contributed by atoms with van der Waals surface area (Å²) < 4.78 is 3.32. The maximum atomic E-state index is 6.35. The van der Waals surface area contributed by atoms with Gasteiger partial charge in [-0.15, -0.1) is 0 Å². The second kappa shape index (κ2) is 6.56. The zero-order valence-electron chi connectivity index (χ0n) is 14.4. The van der Waals surface area contributed by atoms with Crippen LogP contribution in [0.25, 0.3) is 38.6 Å². The molecule has 0 saturated heterocycles. The van der Waals surface area contributed by atoms with Crippen molar-refractivity contribution < 1.29 is 0 Å². The number of nitrogens with zero attached hydrogens (tertiary/aromatic N) is 1. The van der Waals surface area contributed by atoms with E-state index in [0.29, 0.717) is 0 Å². The topological polar surface area (TPSA) is 4.93 Å². The van der Waals surface area contributed by atoms with Crippen molar-refractivity contribution in [3.8, 4) is 16.8 Å². The maximum Gasteiger partial charge on any atom is 0.0619 e. The first-order valence-corrected chi connectivity index (χ1v) is 9.93. The molecule has 4 aromatic carbocycles. The van der Waals surface area contributed by atoms with Crippen LogP contribution >= 0.6 is 27.5 Å². The molecule has 0 atom stereocenters. The zero-order chi connectivity index (χ0) is 18.4. The molecule has 0 N–H and O–H groups in total. The second-order valence-electron chi connectivity index (χ2n) is 6.55. The fourth-order valence-corrected chi connectivity index (χ4v) is 4.67. The summed E-state index contributed by atoms with van der Waals surface area (Å²) in [5.74, 6) is 0. The largest absolute Gasteiger partial charge is 0.309 e. The molecule has 3 heteroatoms. The van der Waals surface area contributed by atoms with Crippen LogP contribution in [0.1, 0.15) is 0 Å². The lowest BCUT2D eigenvalue weighted by Crippen LogP contribution is -1.95. The Morgan fingerprint density at radius 2 is 1.44 bits per heavy atom. The van der Waals surface area contributed by atoms with Crippen molar-refractivity contribution in [1.29, 1.82) is 0 Å². The molecule has 1 heterocycles. The summed E-state index contributed by atoms with van der Waals surface area (Å²) >= 11 is 9.93. The summed E-state index contributed by atoms with van der Waals surface area (Å²) in [6.07, 6.45) is 0. The van der Waals surface area contributed by atoms with Crippen molar-refractivity contribution in [2.75, 3.05) is 0 Å². The molecule has 0 radical (unpaired) electrons. The normalized spacial score (nSPS) is 11.3. The van der Waals surface area contributed by atoms with Gasteiger partial charge in [0.05, 0.1) is 11.0 Å². The van der Waals surface area contributed by atoms with Gasteiger partial charge in [0.1, 0.15) is 0 Å². The van der Waals surface area contributed by atoms with Gasteiger partial charge in [0.25, 0.3) is 0 Å². The predicted molar refractivity (Wildman–Crippen MR) is 119 cm³/mol. The van der Waals surface area contributed by atoms with Gasteiger partial charge in [-0.1, -0.05) is 82.1 Å². The number of halogens is 2. The Bertz CT molecular complexity index is 1270. The van der Waals surface area contributed by atoms with Crippen LogP contribution in [0.3, 0.4) is 0 Å². The fourth-order valence-electron chi connectivity index (χ4n) is 3.81. The molecule has 0 fully saturated rings. The molecule has 1 nitrogen and oxygen atoms in total. The van der Waals surface area contributed by atoms with Crippen LogP contribution in [0.4, 0.5) is 0 Å². The highest BCUT2D eigenvalue weighted by Crippen LogP contribution is 2.39. The lowest BCUT2D eigenvalue weighted by molar-refractivity contribution is 1.18. The van der Waals surface area contributed by atoms with Crippen molar-refractivity contribution in [3.63, 3.8) is 0 Å². The Labute approximate surface area is 170 Å². The molecule has 0 spiro atoms. The molecule has 27 heavy (non-hydrogen) atoms. The van der Waals surface area contributed by atoms with Gasteiger partial charge in [-0.3, -0.25) is 0 Å². The first-order chi connectivity index (χ1) is 13.2. The highest BCUT2D eigenvalue weighted by Gasteiger charge is 2.16. The first kappa shape index (κ1) is 16.6. The second-order valence-corrected chi connectivity index (χ2v) is 7.90. The minimum absolute atomic E-state index is 0.721. The number of benzene rings is 4. The summed E-state index contributed by atoms with van der Waals surface area (Å²) in [4.78, 5) is 0. The molecule has 0 aliphatic rings. The quantitative estimate of drug-likeness (QED) is 0.267. The number of aromatic nitrogens is 1. The molecule has 0 saturated carbocycles. The molecule has 5 aromatic rings. The smallest absolute Gasteiger partial charge is 0.0619 e. The van der Waals surface area contributed by atoms with E-state index in [4.69, 9.17) is 11.6 Å². The van der Waals surface area contributed by atoms with Crippen molar-refractivity contribution in [1.82, 2.24) is 4.57 Å². The van der Waals surface area contributed by atoms with Crippen LogP contribution in [0, 0.1) is 0 Å². The minimum Gasteiger partial charge on any atom is -0.309 e. The third kappa shape index (κ3) is 2.77. The van der Waals surface area contributed by atoms with Gasteiger partial charge in [-0.05, 0) is 42.0 Å². The van der Waals surface area contributed by atoms with Gasteiger partial charge in [0.15, 0.2) is 0 Å². The standard InChI is InChI=1S/C24H15BrClN/c25-17-13-16(14-18(26)15-17)20-10-6-11-22-21-9-4-5-12-23(21)27(24(20)22)19-7-2-1-3-8-19/h1-15H. The van der Waals surface area contributed by atoms with E-state index in [-0.39, 0.29) is 0 Å². The van der Waals surface area contributed by atoms with E-state index in [2.05, 4.69) is 93.3 Å². The highest BCUT2D eigenvalue weighted by atomic mass is 79.9. The van der Waals surface area contributed by atoms with Crippen molar-refractivity contribution >= 4 is 49.3 Å². The minimum atomic E-state index is 0.721. The molecule has 0 aliphatic carbocycles. The molecule has 5 rings (SSSR count). The van der Waals surface area contributed by atoms with E-state index in [1.807, 2.05) is 18.2 Å². The molecule has 1 aromatic heterocycles. The maximum absolute atomic E-state index is 6.35. The third-order valence-corrected chi connectivity index (χ3v) is 5.56. The summed E-state index contributed by atoms with van der Waals surface area (Å²) in [5.41, 5.74) is 5.80.